The molecule has 0 aromatic rings. The molecule has 5 fully saturated rings. The van der Waals surface area contributed by atoms with Crippen molar-refractivity contribution in [1.82, 2.24) is 0 Å². The molecule has 6 atom stereocenters. The lowest BCUT2D eigenvalue weighted by atomic mass is 9.43. The molecule has 0 aromatic heterocycles. The molecule has 5 aliphatic rings. The molecule has 0 N–H and O–H groups in total. The van der Waals surface area contributed by atoms with Crippen molar-refractivity contribution in [3.05, 3.63) is 0 Å². The third-order valence-corrected chi connectivity index (χ3v) is 6.47. The van der Waals surface area contributed by atoms with Gasteiger partial charge < -0.3 is 0 Å². The van der Waals surface area contributed by atoms with Crippen molar-refractivity contribution >= 4 is 0 Å². The van der Waals surface area contributed by atoms with Crippen LogP contribution in [0.4, 0.5) is 0 Å². The topological polar surface area (TPSA) is 0 Å². The van der Waals surface area contributed by atoms with Gasteiger partial charge in [-0.3, -0.25) is 0 Å². The lowest BCUT2D eigenvalue weighted by Gasteiger charge is -2.61. The Morgan fingerprint density at radius 3 is 1.64 bits per heavy atom. The van der Waals surface area contributed by atoms with Gasteiger partial charge in [0, 0.05) is 0 Å². The van der Waals surface area contributed by atoms with Crippen molar-refractivity contribution in [2.75, 3.05) is 0 Å². The Labute approximate surface area is 67.4 Å². The summed E-state index contributed by atoms with van der Waals surface area (Å²) in [5.41, 5.74) is 1.04. The monoisotopic (exact) mass is 146 g/mol. The Hall–Kier alpha value is 0. The van der Waals surface area contributed by atoms with Crippen LogP contribution < -0.4 is 0 Å². The van der Waals surface area contributed by atoms with Gasteiger partial charge in [-0.2, -0.15) is 0 Å². The summed E-state index contributed by atoms with van der Waals surface area (Å²) >= 11 is 0. The summed E-state index contributed by atoms with van der Waals surface area (Å²) in [4.78, 5) is 0. The van der Waals surface area contributed by atoms with Crippen molar-refractivity contribution < 1.29 is 0 Å². The summed E-state index contributed by atoms with van der Waals surface area (Å²) in [7, 11) is 0. The third-order valence-electron chi connectivity index (χ3n) is 6.47. The molecule has 11 heavy (non-hydrogen) atoms. The average molecular weight is 146 g/mol. The number of hydrogen-bond donors (Lipinski definition) is 0. The number of hydrogen-bond acceptors (Lipinski definition) is 0. The zero-order valence-electron chi connectivity index (χ0n) is 6.79. The predicted molar refractivity (Wildman–Crippen MR) is 41.8 cm³/mol. The zero-order chi connectivity index (χ0) is 6.79. The Kier molecular flexibility index (Phi) is 0.459. The first-order valence-corrected chi connectivity index (χ1v) is 5.42. The van der Waals surface area contributed by atoms with Gasteiger partial charge in [-0.1, -0.05) is 0 Å². The molecule has 6 unspecified atom stereocenters. The zero-order valence-corrected chi connectivity index (χ0v) is 6.79. The molecular formula is C11H14. The van der Waals surface area contributed by atoms with Gasteiger partial charge in [-0.05, 0) is 66.6 Å². The van der Waals surface area contributed by atoms with E-state index in [1.54, 1.807) is 25.7 Å². The van der Waals surface area contributed by atoms with E-state index in [1.165, 1.54) is 35.5 Å². The van der Waals surface area contributed by atoms with Gasteiger partial charge >= 0.3 is 0 Å². The van der Waals surface area contributed by atoms with Crippen molar-refractivity contribution in [2.24, 2.45) is 40.9 Å². The first-order chi connectivity index (χ1) is 5.42. The molecule has 0 heteroatoms. The molecule has 1 spiro atoms. The summed E-state index contributed by atoms with van der Waals surface area (Å²) in [6.07, 6.45) is 6.66. The van der Waals surface area contributed by atoms with E-state index in [-0.39, 0.29) is 0 Å². The second-order valence-corrected chi connectivity index (χ2v) is 5.88. The highest BCUT2D eigenvalue weighted by Gasteiger charge is 2.84. The SMILES string of the molecule is C1C2C3CC4CC2C42C1CC32. The Bertz CT molecular complexity index is 235. The highest BCUT2D eigenvalue weighted by molar-refractivity contribution is 5.32. The first kappa shape index (κ1) is 4.89. The Morgan fingerprint density at radius 1 is 0.727 bits per heavy atom. The summed E-state index contributed by atoms with van der Waals surface area (Å²) in [6, 6.07) is 0. The van der Waals surface area contributed by atoms with Gasteiger partial charge in [-0.15, -0.1) is 0 Å². The van der Waals surface area contributed by atoms with E-state index in [9.17, 15) is 0 Å². The quantitative estimate of drug-likeness (QED) is 0.492. The van der Waals surface area contributed by atoms with Crippen LogP contribution in [-0.4, -0.2) is 0 Å². The fourth-order valence-corrected chi connectivity index (χ4v) is 6.55. The highest BCUT2D eigenvalue weighted by Crippen LogP contribution is 2.90. The molecule has 0 heterocycles. The first-order valence-electron chi connectivity index (χ1n) is 5.42. The van der Waals surface area contributed by atoms with Gasteiger partial charge in [0.05, 0.1) is 0 Å². The molecule has 0 amide bonds. The minimum absolute atomic E-state index is 1.04. The fourth-order valence-electron chi connectivity index (χ4n) is 6.55. The van der Waals surface area contributed by atoms with Crippen LogP contribution in [0, 0.1) is 40.9 Å². The van der Waals surface area contributed by atoms with Crippen LogP contribution in [0.2, 0.25) is 0 Å². The minimum atomic E-state index is 1.04. The average Bonchev–Trinajstić information content (AvgIpc) is 2.31. The van der Waals surface area contributed by atoms with E-state index in [0.29, 0.717) is 0 Å². The molecule has 5 saturated carbocycles. The summed E-state index contributed by atoms with van der Waals surface area (Å²) in [5.74, 6) is 7.55. The van der Waals surface area contributed by atoms with Crippen LogP contribution in [0.15, 0.2) is 0 Å². The van der Waals surface area contributed by atoms with Crippen LogP contribution in [0.25, 0.3) is 0 Å². The van der Waals surface area contributed by atoms with E-state index in [1.807, 2.05) is 0 Å². The lowest BCUT2D eigenvalue weighted by Crippen LogP contribution is -2.55. The van der Waals surface area contributed by atoms with Gasteiger partial charge in [-0.25, -0.2) is 0 Å². The lowest BCUT2D eigenvalue weighted by molar-refractivity contribution is -0.133. The van der Waals surface area contributed by atoms with E-state index >= 15 is 0 Å². The summed E-state index contributed by atoms with van der Waals surface area (Å²) < 4.78 is 0. The molecule has 5 aliphatic carbocycles. The second-order valence-electron chi connectivity index (χ2n) is 5.88. The fraction of sp³-hybridized carbons (Fsp3) is 1.00. The summed E-state index contributed by atoms with van der Waals surface area (Å²) in [6.45, 7) is 0. The molecule has 58 valence electrons. The normalized spacial score (nSPS) is 85.1. The van der Waals surface area contributed by atoms with Crippen LogP contribution in [-0.2, 0) is 0 Å². The summed E-state index contributed by atoms with van der Waals surface area (Å²) in [5, 5.41) is 0. The highest BCUT2D eigenvalue weighted by atomic mass is 14.9. The molecule has 5 rings (SSSR count). The smallest absolute Gasteiger partial charge is 0.0178 e. The van der Waals surface area contributed by atoms with E-state index in [0.717, 1.165) is 5.41 Å². The van der Waals surface area contributed by atoms with Crippen molar-refractivity contribution in [3.63, 3.8) is 0 Å². The maximum atomic E-state index is 1.67. The molecule has 3 bridgehead atoms. The maximum absolute atomic E-state index is 1.67. The van der Waals surface area contributed by atoms with Gasteiger partial charge in [0.1, 0.15) is 0 Å². The van der Waals surface area contributed by atoms with Crippen LogP contribution in [0.5, 0.6) is 0 Å². The predicted octanol–water partition coefficient (Wildman–Crippen LogP) is 2.30. The molecular weight excluding hydrogens is 132 g/mol. The molecule has 0 aromatic carbocycles. The van der Waals surface area contributed by atoms with Crippen molar-refractivity contribution in [1.29, 1.82) is 0 Å². The van der Waals surface area contributed by atoms with Crippen LogP contribution >= 0.6 is 0 Å². The number of rotatable bonds is 0. The molecule has 0 aliphatic heterocycles. The standard InChI is InChI=1S/C11H14/c1-5-3-10-8-2-6-4-9(7(1)8)11(5,6)10/h5-10H,1-4H2. The van der Waals surface area contributed by atoms with Crippen LogP contribution in [0.1, 0.15) is 25.7 Å². The van der Waals surface area contributed by atoms with E-state index in [4.69, 9.17) is 0 Å². The third kappa shape index (κ3) is 0.237. The molecule has 0 nitrogen and oxygen atoms in total. The maximum Gasteiger partial charge on any atom is -0.0178 e. The molecule has 0 radical (unpaired) electrons. The Balaban J connectivity index is 1.91. The van der Waals surface area contributed by atoms with Crippen LogP contribution in [0.3, 0.4) is 0 Å². The van der Waals surface area contributed by atoms with Gasteiger partial charge in [0.2, 0.25) is 0 Å². The van der Waals surface area contributed by atoms with Gasteiger partial charge in [0.25, 0.3) is 0 Å². The second kappa shape index (κ2) is 1.03. The van der Waals surface area contributed by atoms with Crippen molar-refractivity contribution in [2.45, 2.75) is 25.7 Å². The molecule has 0 saturated heterocycles. The van der Waals surface area contributed by atoms with Crippen molar-refractivity contribution in [3.8, 4) is 0 Å². The largest absolute Gasteiger partial charge is 0.0465 e. The minimum Gasteiger partial charge on any atom is -0.0465 e. The van der Waals surface area contributed by atoms with Gasteiger partial charge in [0.15, 0.2) is 0 Å². The number of fused-ring (bicyclic) bond motifs is 1. The van der Waals surface area contributed by atoms with E-state index in [2.05, 4.69) is 0 Å². The van der Waals surface area contributed by atoms with E-state index < -0.39 is 0 Å². The Morgan fingerprint density at radius 2 is 1.27 bits per heavy atom.